The maximum absolute atomic E-state index is 15.3. The third-order valence-electron chi connectivity index (χ3n) is 8.70. The van der Waals surface area contributed by atoms with Crippen molar-refractivity contribution in [2.75, 3.05) is 35.6 Å². The highest BCUT2D eigenvalue weighted by Crippen LogP contribution is 2.47. The summed E-state index contributed by atoms with van der Waals surface area (Å²) >= 11 is 1.54. The summed E-state index contributed by atoms with van der Waals surface area (Å²) in [6.45, 7) is 6.98. The van der Waals surface area contributed by atoms with Crippen LogP contribution in [0.25, 0.3) is 16.0 Å². The van der Waals surface area contributed by atoms with E-state index in [1.807, 2.05) is 24.4 Å². The van der Waals surface area contributed by atoms with Gasteiger partial charge in [-0.05, 0) is 74.1 Å². The van der Waals surface area contributed by atoms with Crippen LogP contribution in [0.15, 0.2) is 29.9 Å². The summed E-state index contributed by atoms with van der Waals surface area (Å²) in [5.41, 5.74) is 9.32. The SMILES string of the molecule is Cc1csc2c(-n3nc(Nc4ccc(N5CCN([C@H]6C[C@@H]7CC[C@H]6C7)[C@@H](C)C5)c(F)c4)nc3N)ncnc12. The molecule has 11 heteroatoms. The quantitative estimate of drug-likeness (QED) is 0.379. The van der Waals surface area contributed by atoms with Crippen LogP contribution in [0.1, 0.15) is 38.2 Å². The number of halogens is 1. The molecule has 9 nitrogen and oxygen atoms in total. The summed E-state index contributed by atoms with van der Waals surface area (Å²) in [5, 5.41) is 9.62. The van der Waals surface area contributed by atoms with E-state index in [0.717, 1.165) is 53.3 Å². The summed E-state index contributed by atoms with van der Waals surface area (Å²) < 4.78 is 17.7. The van der Waals surface area contributed by atoms with E-state index in [-0.39, 0.29) is 17.7 Å². The fraction of sp³-hybridized carbons (Fsp3) is 0.481. The van der Waals surface area contributed by atoms with Gasteiger partial charge in [0, 0.05) is 37.4 Å². The molecule has 2 saturated carbocycles. The number of thiophene rings is 1. The van der Waals surface area contributed by atoms with Crippen molar-refractivity contribution in [1.29, 1.82) is 0 Å². The van der Waals surface area contributed by atoms with Crippen LogP contribution in [0.4, 0.5) is 27.7 Å². The highest BCUT2D eigenvalue weighted by Gasteiger charge is 2.44. The van der Waals surface area contributed by atoms with Crippen molar-refractivity contribution in [3.05, 3.63) is 41.3 Å². The van der Waals surface area contributed by atoms with Crippen molar-refractivity contribution in [1.82, 2.24) is 29.6 Å². The molecule has 38 heavy (non-hydrogen) atoms. The second kappa shape index (κ2) is 9.16. The molecule has 4 aromatic rings. The Morgan fingerprint density at radius 2 is 2.05 bits per heavy atom. The van der Waals surface area contributed by atoms with Crippen LogP contribution in [-0.2, 0) is 0 Å². The number of benzene rings is 1. The number of nitrogen functional groups attached to an aromatic ring is 1. The standard InChI is InChI=1S/C27H32FN9S/c1-15-13-38-24-23(15)30-14-31-25(24)37-26(29)33-27(34-37)32-19-5-6-21(20(28)11-19)35-7-8-36(16(2)12-35)22-10-17-3-4-18(22)9-17/h5-6,11,13-14,16-18,22H,3-4,7-10,12H2,1-2H3,(H3,29,32,33,34)/t16-,17+,18-,22-/m0/s1. The number of piperazine rings is 1. The van der Waals surface area contributed by atoms with Gasteiger partial charge in [0.2, 0.25) is 11.9 Å². The van der Waals surface area contributed by atoms with E-state index in [1.165, 1.54) is 54.1 Å². The molecule has 4 atom stereocenters. The minimum atomic E-state index is -0.255. The number of hydrogen-bond donors (Lipinski definition) is 2. The van der Waals surface area contributed by atoms with E-state index in [4.69, 9.17) is 5.73 Å². The van der Waals surface area contributed by atoms with E-state index in [9.17, 15) is 0 Å². The van der Waals surface area contributed by atoms with E-state index in [2.05, 4.69) is 42.1 Å². The normalized spacial score (nSPS) is 25.5. The second-order valence-electron chi connectivity index (χ2n) is 11.1. The molecule has 2 aliphatic carbocycles. The van der Waals surface area contributed by atoms with Crippen LogP contribution in [0.3, 0.4) is 0 Å². The maximum atomic E-state index is 15.3. The van der Waals surface area contributed by atoms with Crippen LogP contribution in [0, 0.1) is 24.6 Å². The number of hydrogen-bond acceptors (Lipinski definition) is 9. The average Bonchev–Trinajstić information content (AvgIpc) is 3.69. The number of aryl methyl sites for hydroxylation is 1. The van der Waals surface area contributed by atoms with Crippen LogP contribution >= 0.6 is 11.3 Å². The number of nitrogens with zero attached hydrogens (tertiary/aromatic N) is 7. The smallest absolute Gasteiger partial charge is 0.248 e. The number of nitrogens with two attached hydrogens (primary N) is 1. The van der Waals surface area contributed by atoms with Crippen molar-refractivity contribution in [2.24, 2.45) is 11.8 Å². The van der Waals surface area contributed by atoms with E-state index < -0.39 is 0 Å². The number of fused-ring (bicyclic) bond motifs is 3. The summed E-state index contributed by atoms with van der Waals surface area (Å²) in [6.07, 6.45) is 7.07. The molecule has 3 aromatic heterocycles. The fourth-order valence-corrected chi connectivity index (χ4v) is 7.89. The zero-order chi connectivity index (χ0) is 26.0. The second-order valence-corrected chi connectivity index (χ2v) is 11.9. The zero-order valence-corrected chi connectivity index (χ0v) is 22.5. The Bertz CT molecular complexity index is 1500. The van der Waals surface area contributed by atoms with Gasteiger partial charge in [0.25, 0.3) is 0 Å². The summed E-state index contributed by atoms with van der Waals surface area (Å²) in [4.78, 5) is 18.0. The summed E-state index contributed by atoms with van der Waals surface area (Å²) in [6, 6.07) is 6.37. The Hall–Kier alpha value is -3.31. The fourth-order valence-electron chi connectivity index (χ4n) is 6.91. The number of nitrogens with one attached hydrogen (secondary N) is 1. The molecule has 1 aliphatic heterocycles. The Morgan fingerprint density at radius 3 is 2.82 bits per heavy atom. The Labute approximate surface area is 224 Å². The molecule has 3 fully saturated rings. The van der Waals surface area contributed by atoms with Gasteiger partial charge < -0.3 is 16.0 Å². The van der Waals surface area contributed by atoms with Crippen LogP contribution in [0.2, 0.25) is 0 Å². The Balaban J connectivity index is 1.06. The molecule has 7 rings (SSSR count). The first-order valence-electron chi connectivity index (χ1n) is 13.4. The number of rotatable bonds is 5. The molecule has 3 N–H and O–H groups in total. The van der Waals surface area contributed by atoms with Crippen molar-refractivity contribution in [2.45, 2.75) is 51.6 Å². The van der Waals surface area contributed by atoms with Crippen molar-refractivity contribution >= 4 is 44.8 Å². The van der Waals surface area contributed by atoms with Gasteiger partial charge in [0.05, 0.1) is 15.9 Å². The monoisotopic (exact) mass is 533 g/mol. The van der Waals surface area contributed by atoms with Gasteiger partial charge in [-0.1, -0.05) is 6.42 Å². The first-order valence-corrected chi connectivity index (χ1v) is 14.3. The first-order chi connectivity index (χ1) is 18.4. The average molecular weight is 534 g/mol. The van der Waals surface area contributed by atoms with E-state index >= 15 is 4.39 Å². The number of aromatic nitrogens is 5. The lowest BCUT2D eigenvalue weighted by molar-refractivity contribution is 0.0900. The highest BCUT2D eigenvalue weighted by molar-refractivity contribution is 7.17. The largest absolute Gasteiger partial charge is 0.368 e. The van der Waals surface area contributed by atoms with Crippen molar-refractivity contribution < 1.29 is 4.39 Å². The lowest BCUT2D eigenvalue weighted by Gasteiger charge is -2.46. The Morgan fingerprint density at radius 1 is 1.16 bits per heavy atom. The molecule has 198 valence electrons. The zero-order valence-electron chi connectivity index (χ0n) is 21.6. The topological polar surface area (TPSA) is 101 Å². The molecule has 2 bridgehead atoms. The van der Waals surface area contributed by atoms with Crippen molar-refractivity contribution in [3.8, 4) is 5.82 Å². The Kier molecular flexibility index (Phi) is 5.73. The molecule has 1 aromatic carbocycles. The maximum Gasteiger partial charge on any atom is 0.248 e. The minimum absolute atomic E-state index is 0.193. The lowest BCUT2D eigenvalue weighted by atomic mass is 9.92. The highest BCUT2D eigenvalue weighted by atomic mass is 32.1. The molecule has 0 unspecified atom stereocenters. The molecule has 0 radical (unpaired) electrons. The third kappa shape index (κ3) is 3.99. The van der Waals surface area contributed by atoms with Gasteiger partial charge in [-0.25, -0.2) is 14.4 Å². The molecular formula is C27H32FN9S. The predicted octanol–water partition coefficient (Wildman–Crippen LogP) is 4.74. The van der Waals surface area contributed by atoms with Gasteiger partial charge in [-0.15, -0.1) is 16.4 Å². The van der Waals surface area contributed by atoms with Gasteiger partial charge in [-0.2, -0.15) is 9.67 Å². The number of anilines is 4. The summed E-state index contributed by atoms with van der Waals surface area (Å²) in [5.74, 6) is 2.60. The molecule has 3 aliphatic rings. The molecule has 1 saturated heterocycles. The molecule has 4 heterocycles. The van der Waals surface area contributed by atoms with Crippen LogP contribution < -0.4 is 16.0 Å². The van der Waals surface area contributed by atoms with Crippen LogP contribution in [0.5, 0.6) is 0 Å². The lowest BCUT2D eigenvalue weighted by Crippen LogP contribution is -2.56. The molecule has 0 spiro atoms. The molecular weight excluding hydrogens is 501 g/mol. The van der Waals surface area contributed by atoms with Crippen LogP contribution in [-0.4, -0.2) is 61.4 Å². The summed E-state index contributed by atoms with van der Waals surface area (Å²) in [7, 11) is 0. The van der Waals surface area contributed by atoms with Gasteiger partial charge in [0.15, 0.2) is 5.82 Å². The minimum Gasteiger partial charge on any atom is -0.368 e. The molecule has 0 amide bonds. The van der Waals surface area contributed by atoms with E-state index in [1.54, 1.807) is 0 Å². The van der Waals surface area contributed by atoms with Crippen molar-refractivity contribution in [3.63, 3.8) is 0 Å². The third-order valence-corrected chi connectivity index (χ3v) is 9.78. The first kappa shape index (κ1) is 23.8. The van der Waals surface area contributed by atoms with Gasteiger partial charge in [-0.3, -0.25) is 4.90 Å². The predicted molar refractivity (Wildman–Crippen MR) is 149 cm³/mol. The van der Waals surface area contributed by atoms with Gasteiger partial charge in [0.1, 0.15) is 12.1 Å². The van der Waals surface area contributed by atoms with Gasteiger partial charge >= 0.3 is 0 Å². The van der Waals surface area contributed by atoms with E-state index in [0.29, 0.717) is 23.2 Å².